The summed E-state index contributed by atoms with van der Waals surface area (Å²) in [6.07, 6.45) is 0.426. The Bertz CT molecular complexity index is 495. The Morgan fingerprint density at radius 2 is 2.35 bits per heavy atom. The van der Waals surface area contributed by atoms with Crippen LogP contribution in [0.4, 0.5) is 17.3 Å². The van der Waals surface area contributed by atoms with E-state index in [0.717, 1.165) is 13.0 Å². The zero-order chi connectivity index (χ0) is 14.7. The third kappa shape index (κ3) is 3.16. The van der Waals surface area contributed by atoms with Crippen molar-refractivity contribution in [3.63, 3.8) is 0 Å². The smallest absolute Gasteiger partial charge is 0.276 e. The summed E-state index contributed by atoms with van der Waals surface area (Å²) in [7, 11) is 0. The number of β-amino-alcohol motifs (C(OH)–C–C–N with tert-alkyl or cyclic N) is 1. The van der Waals surface area contributed by atoms with Crippen molar-refractivity contribution in [1.29, 1.82) is 0 Å². The second kappa shape index (κ2) is 6.04. The lowest BCUT2D eigenvalue weighted by atomic mass is 9.96. The summed E-state index contributed by atoms with van der Waals surface area (Å²) < 4.78 is 0. The van der Waals surface area contributed by atoms with Crippen LogP contribution in [0, 0.1) is 16.0 Å². The fraction of sp³-hybridized carbons (Fsp3) is 0.615. The average molecular weight is 280 g/mol. The molecule has 1 aromatic heterocycles. The van der Waals surface area contributed by atoms with Gasteiger partial charge in [0.25, 0.3) is 5.69 Å². The molecular formula is C13H20N4O3. The third-order valence-corrected chi connectivity index (χ3v) is 3.61. The standard InChI is InChI=1S/C13H20N4O3/c1-3-14-12-6-10(17(19)20)7-13(15-12)16-5-4-9(2)11(18)8-16/h6-7,9,11,18H,3-5,8H2,1-2H3,(H,14,15). The highest BCUT2D eigenvalue weighted by atomic mass is 16.6. The Kier molecular flexibility index (Phi) is 4.39. The molecular weight excluding hydrogens is 260 g/mol. The topological polar surface area (TPSA) is 91.5 Å². The van der Waals surface area contributed by atoms with Crippen LogP contribution in [0.2, 0.25) is 0 Å². The quantitative estimate of drug-likeness (QED) is 0.643. The molecule has 0 aliphatic carbocycles. The first kappa shape index (κ1) is 14.5. The minimum atomic E-state index is -0.424. The lowest BCUT2D eigenvalue weighted by Gasteiger charge is -2.35. The molecule has 2 rings (SSSR count). The summed E-state index contributed by atoms with van der Waals surface area (Å²) in [5, 5.41) is 23.9. The number of piperidine rings is 1. The largest absolute Gasteiger partial charge is 0.391 e. The van der Waals surface area contributed by atoms with Gasteiger partial charge in [0.2, 0.25) is 0 Å². The Morgan fingerprint density at radius 1 is 1.60 bits per heavy atom. The molecule has 1 aliphatic heterocycles. The molecule has 2 atom stereocenters. The highest BCUT2D eigenvalue weighted by molar-refractivity contribution is 5.56. The number of anilines is 2. The van der Waals surface area contributed by atoms with Crippen molar-refractivity contribution in [1.82, 2.24) is 4.98 Å². The average Bonchev–Trinajstić information content (AvgIpc) is 2.42. The molecule has 2 unspecified atom stereocenters. The number of hydrogen-bond donors (Lipinski definition) is 2. The first-order chi connectivity index (χ1) is 9.51. The zero-order valence-electron chi connectivity index (χ0n) is 11.7. The molecule has 0 radical (unpaired) electrons. The number of rotatable bonds is 4. The Labute approximate surface area is 117 Å². The molecule has 7 heteroatoms. The third-order valence-electron chi connectivity index (χ3n) is 3.61. The van der Waals surface area contributed by atoms with Gasteiger partial charge in [-0.3, -0.25) is 10.1 Å². The normalized spacial score (nSPS) is 22.6. The number of nitrogens with one attached hydrogen (secondary N) is 1. The van der Waals surface area contributed by atoms with E-state index in [1.54, 1.807) is 0 Å². The minimum Gasteiger partial charge on any atom is -0.391 e. The van der Waals surface area contributed by atoms with Gasteiger partial charge in [-0.05, 0) is 19.3 Å². The van der Waals surface area contributed by atoms with E-state index < -0.39 is 11.0 Å². The molecule has 0 spiro atoms. The lowest BCUT2D eigenvalue weighted by molar-refractivity contribution is -0.384. The molecule has 1 fully saturated rings. The molecule has 0 bridgehead atoms. The Hall–Kier alpha value is -1.89. The first-order valence-electron chi connectivity index (χ1n) is 6.84. The highest BCUT2D eigenvalue weighted by Crippen LogP contribution is 2.27. The molecule has 2 heterocycles. The monoisotopic (exact) mass is 280 g/mol. The van der Waals surface area contributed by atoms with E-state index in [1.807, 2.05) is 18.7 Å². The molecule has 1 saturated heterocycles. The number of nitrogens with zero attached hydrogens (tertiary/aromatic N) is 3. The number of pyridine rings is 1. The molecule has 20 heavy (non-hydrogen) atoms. The van der Waals surface area contributed by atoms with Gasteiger partial charge in [0.05, 0.1) is 23.2 Å². The van der Waals surface area contributed by atoms with E-state index >= 15 is 0 Å². The van der Waals surface area contributed by atoms with Crippen molar-refractivity contribution in [2.45, 2.75) is 26.4 Å². The van der Waals surface area contributed by atoms with Crippen LogP contribution in [0.1, 0.15) is 20.3 Å². The second-order valence-corrected chi connectivity index (χ2v) is 5.14. The zero-order valence-corrected chi connectivity index (χ0v) is 11.7. The second-order valence-electron chi connectivity index (χ2n) is 5.14. The van der Waals surface area contributed by atoms with Gasteiger partial charge in [-0.2, -0.15) is 0 Å². The van der Waals surface area contributed by atoms with Gasteiger partial charge in [0, 0.05) is 19.6 Å². The van der Waals surface area contributed by atoms with Gasteiger partial charge in [0.15, 0.2) is 0 Å². The maximum absolute atomic E-state index is 11.0. The summed E-state index contributed by atoms with van der Waals surface area (Å²) >= 11 is 0. The van der Waals surface area contributed by atoms with E-state index in [2.05, 4.69) is 10.3 Å². The maximum Gasteiger partial charge on any atom is 0.276 e. The molecule has 2 N–H and O–H groups in total. The maximum atomic E-state index is 11.0. The van der Waals surface area contributed by atoms with Crippen LogP contribution in [-0.2, 0) is 0 Å². The molecule has 110 valence electrons. The number of aromatic nitrogens is 1. The summed E-state index contributed by atoms with van der Waals surface area (Å²) in [6.45, 7) is 5.77. The fourth-order valence-corrected chi connectivity index (χ4v) is 2.30. The molecule has 1 aliphatic rings. The summed E-state index contributed by atoms with van der Waals surface area (Å²) in [4.78, 5) is 16.9. The predicted molar refractivity (Wildman–Crippen MR) is 77.1 cm³/mol. The number of nitro groups is 1. The Morgan fingerprint density at radius 3 is 2.95 bits per heavy atom. The van der Waals surface area contributed by atoms with Crippen LogP contribution in [-0.4, -0.2) is 40.8 Å². The van der Waals surface area contributed by atoms with Crippen molar-refractivity contribution in [2.24, 2.45) is 5.92 Å². The fourth-order valence-electron chi connectivity index (χ4n) is 2.30. The van der Waals surface area contributed by atoms with Crippen molar-refractivity contribution >= 4 is 17.3 Å². The van der Waals surface area contributed by atoms with Crippen LogP contribution in [0.5, 0.6) is 0 Å². The SMILES string of the molecule is CCNc1cc([N+](=O)[O-])cc(N2CCC(C)C(O)C2)n1. The van der Waals surface area contributed by atoms with Gasteiger partial charge in [0.1, 0.15) is 11.6 Å². The van der Waals surface area contributed by atoms with Crippen LogP contribution in [0.3, 0.4) is 0 Å². The highest BCUT2D eigenvalue weighted by Gasteiger charge is 2.26. The van der Waals surface area contributed by atoms with Crippen LogP contribution < -0.4 is 10.2 Å². The van der Waals surface area contributed by atoms with Crippen molar-refractivity contribution in [3.05, 3.63) is 22.2 Å². The molecule has 0 aromatic carbocycles. The number of aliphatic hydroxyl groups excluding tert-OH is 1. The number of aliphatic hydroxyl groups is 1. The van der Waals surface area contributed by atoms with Crippen LogP contribution in [0.25, 0.3) is 0 Å². The molecule has 0 amide bonds. The summed E-state index contributed by atoms with van der Waals surface area (Å²) in [5.74, 6) is 1.28. The van der Waals surface area contributed by atoms with Crippen LogP contribution in [0.15, 0.2) is 12.1 Å². The Balaban J connectivity index is 2.28. The number of hydrogen-bond acceptors (Lipinski definition) is 6. The van der Waals surface area contributed by atoms with Crippen molar-refractivity contribution < 1.29 is 10.0 Å². The van der Waals surface area contributed by atoms with Gasteiger partial charge < -0.3 is 15.3 Å². The molecule has 0 saturated carbocycles. The summed E-state index contributed by atoms with van der Waals surface area (Å²) in [6, 6.07) is 2.89. The van der Waals surface area contributed by atoms with E-state index in [1.165, 1.54) is 12.1 Å². The van der Waals surface area contributed by atoms with Gasteiger partial charge >= 0.3 is 0 Å². The minimum absolute atomic E-state index is 0.0130. The van der Waals surface area contributed by atoms with E-state index in [9.17, 15) is 15.2 Å². The molecule has 7 nitrogen and oxygen atoms in total. The van der Waals surface area contributed by atoms with Crippen molar-refractivity contribution in [2.75, 3.05) is 29.9 Å². The first-order valence-corrected chi connectivity index (χ1v) is 6.84. The van der Waals surface area contributed by atoms with E-state index in [-0.39, 0.29) is 11.6 Å². The van der Waals surface area contributed by atoms with E-state index in [0.29, 0.717) is 24.7 Å². The lowest BCUT2D eigenvalue weighted by Crippen LogP contribution is -2.43. The van der Waals surface area contributed by atoms with Crippen LogP contribution >= 0.6 is 0 Å². The summed E-state index contributed by atoms with van der Waals surface area (Å²) in [5.41, 5.74) is 0.0130. The predicted octanol–water partition coefficient (Wildman–Crippen LogP) is 1.63. The van der Waals surface area contributed by atoms with E-state index in [4.69, 9.17) is 0 Å². The van der Waals surface area contributed by atoms with Gasteiger partial charge in [-0.25, -0.2) is 4.98 Å². The van der Waals surface area contributed by atoms with Crippen molar-refractivity contribution in [3.8, 4) is 0 Å². The molecule has 1 aromatic rings. The van der Waals surface area contributed by atoms with Gasteiger partial charge in [-0.15, -0.1) is 0 Å². The van der Waals surface area contributed by atoms with Gasteiger partial charge in [-0.1, -0.05) is 6.92 Å².